The summed E-state index contributed by atoms with van der Waals surface area (Å²) < 4.78 is 12.2. The van der Waals surface area contributed by atoms with Crippen LogP contribution in [0.4, 0.5) is 4.39 Å². The number of hydrogen-bond donors (Lipinski definition) is 2. The van der Waals surface area contributed by atoms with E-state index in [9.17, 15) is 9.18 Å². The number of nitrogens with two attached hydrogens (primary N) is 1. The van der Waals surface area contributed by atoms with Crippen LogP contribution in [0.25, 0.3) is 22.0 Å². The minimum atomic E-state index is -0.622. The molecule has 6 heteroatoms. The molecule has 0 unspecified atom stereocenters. The molecule has 5 rings (SSSR count). The van der Waals surface area contributed by atoms with Crippen molar-refractivity contribution in [3.63, 3.8) is 0 Å². The number of hydrogen-bond acceptors (Lipinski definition) is 4. The molecule has 37 heavy (non-hydrogen) atoms. The maximum atomic E-state index is 12.2. The molecule has 5 nitrogen and oxygen atoms in total. The Kier molecular flexibility index (Phi) is 10.3. The Hall–Kier alpha value is -4.08. The van der Waals surface area contributed by atoms with Gasteiger partial charge in [0.05, 0.1) is 5.52 Å². The van der Waals surface area contributed by atoms with Crippen molar-refractivity contribution in [2.24, 2.45) is 5.73 Å². The first-order chi connectivity index (χ1) is 18.0. The fraction of sp³-hybridized carbons (Fsp3) is 0.258. The lowest BCUT2D eigenvalue weighted by Gasteiger charge is -2.23. The van der Waals surface area contributed by atoms with Crippen molar-refractivity contribution in [3.05, 3.63) is 95.4 Å². The van der Waals surface area contributed by atoms with Crippen molar-refractivity contribution in [2.75, 3.05) is 6.54 Å². The number of primary amides is 1. The summed E-state index contributed by atoms with van der Waals surface area (Å²) in [4.78, 5) is 19.1. The van der Waals surface area contributed by atoms with Gasteiger partial charge < -0.3 is 11.1 Å². The highest BCUT2D eigenvalue weighted by Crippen LogP contribution is 2.24. The Balaban J connectivity index is 0.000000231. The predicted molar refractivity (Wildman–Crippen MR) is 149 cm³/mol. The van der Waals surface area contributed by atoms with Crippen LogP contribution in [0.3, 0.4) is 0 Å². The molecule has 0 bridgehead atoms. The fourth-order valence-electron chi connectivity index (χ4n) is 4.46. The van der Waals surface area contributed by atoms with Gasteiger partial charge in [0.15, 0.2) is 0 Å². The van der Waals surface area contributed by atoms with Crippen molar-refractivity contribution in [1.29, 1.82) is 0 Å². The topological polar surface area (TPSA) is 80.9 Å². The quantitative estimate of drug-likeness (QED) is 0.343. The molecule has 1 saturated heterocycles. The number of benzene rings is 2. The molecule has 4 aromatic rings. The van der Waals surface area contributed by atoms with E-state index in [1.807, 2.05) is 12.3 Å². The lowest BCUT2D eigenvalue weighted by atomic mass is 9.95. The van der Waals surface area contributed by atoms with Gasteiger partial charge in [0, 0.05) is 29.4 Å². The van der Waals surface area contributed by atoms with Crippen LogP contribution in [0.1, 0.15) is 46.4 Å². The Labute approximate surface area is 218 Å². The van der Waals surface area contributed by atoms with Crippen LogP contribution in [-0.2, 0) is 13.1 Å². The summed E-state index contributed by atoms with van der Waals surface area (Å²) in [5, 5.41) is 4.84. The highest BCUT2D eigenvalue weighted by Gasteiger charge is 2.13. The van der Waals surface area contributed by atoms with Crippen LogP contribution in [0.15, 0.2) is 73.1 Å². The number of fused-ring (bicyclic) bond motifs is 1. The first-order valence-electron chi connectivity index (χ1n) is 12.4. The Morgan fingerprint density at radius 3 is 2.59 bits per heavy atom. The van der Waals surface area contributed by atoms with Gasteiger partial charge in [-0.15, -0.1) is 12.8 Å². The van der Waals surface area contributed by atoms with E-state index >= 15 is 0 Å². The number of nitrogens with one attached hydrogen (secondary N) is 1. The van der Waals surface area contributed by atoms with Crippen molar-refractivity contribution < 1.29 is 9.18 Å². The average Bonchev–Trinajstić information content (AvgIpc) is 2.95. The second-order valence-electron chi connectivity index (χ2n) is 8.91. The molecule has 1 atom stereocenters. The third-order valence-corrected chi connectivity index (χ3v) is 6.44. The molecule has 0 spiro atoms. The van der Waals surface area contributed by atoms with E-state index in [2.05, 4.69) is 76.7 Å². The second-order valence-corrected chi connectivity index (χ2v) is 8.91. The fourth-order valence-corrected chi connectivity index (χ4v) is 4.46. The third-order valence-electron chi connectivity index (χ3n) is 6.44. The summed E-state index contributed by atoms with van der Waals surface area (Å²) in [6.45, 7) is 2.19. The van der Waals surface area contributed by atoms with Gasteiger partial charge in [0.2, 0.25) is 0 Å². The number of carbonyl (C=O) groups is 1. The van der Waals surface area contributed by atoms with Crippen LogP contribution < -0.4 is 11.1 Å². The SMILES string of the molecule is C#C.Cc1c(CF)ccnc1C(N)=O.c1cc(C[C@@H]2CCCCN2)cc(-c2cnc3ccccc3c2)c1. The maximum absolute atomic E-state index is 12.2. The lowest BCUT2D eigenvalue weighted by molar-refractivity contribution is 0.0995. The summed E-state index contributed by atoms with van der Waals surface area (Å²) in [6, 6.07) is 21.6. The number of halogens is 1. The van der Waals surface area contributed by atoms with Crippen molar-refractivity contribution in [2.45, 2.75) is 45.3 Å². The molecule has 3 heterocycles. The van der Waals surface area contributed by atoms with Crippen LogP contribution in [0.2, 0.25) is 0 Å². The Morgan fingerprint density at radius 1 is 1.05 bits per heavy atom. The number of rotatable bonds is 5. The summed E-state index contributed by atoms with van der Waals surface area (Å²) in [6.07, 6.45) is 16.4. The minimum Gasteiger partial charge on any atom is -0.364 e. The number of carbonyl (C=O) groups excluding carboxylic acids is 1. The lowest BCUT2D eigenvalue weighted by Crippen LogP contribution is -2.35. The van der Waals surface area contributed by atoms with Gasteiger partial charge >= 0.3 is 0 Å². The molecule has 0 saturated carbocycles. The molecule has 1 aliphatic heterocycles. The first-order valence-corrected chi connectivity index (χ1v) is 12.4. The smallest absolute Gasteiger partial charge is 0.267 e. The summed E-state index contributed by atoms with van der Waals surface area (Å²) in [5.74, 6) is -0.622. The monoisotopic (exact) mass is 496 g/mol. The highest BCUT2D eigenvalue weighted by atomic mass is 19.1. The number of para-hydroxylation sites is 1. The molecule has 1 amide bonds. The number of aromatic nitrogens is 2. The van der Waals surface area contributed by atoms with Gasteiger partial charge in [-0.1, -0.05) is 48.9 Å². The predicted octanol–water partition coefficient (Wildman–Crippen LogP) is 5.79. The molecule has 0 aliphatic carbocycles. The number of piperidine rings is 1. The normalized spacial score (nSPS) is 14.5. The molecule has 1 fully saturated rings. The van der Waals surface area contributed by atoms with Crippen LogP contribution >= 0.6 is 0 Å². The molecule has 3 N–H and O–H groups in total. The zero-order valence-electron chi connectivity index (χ0n) is 21.2. The van der Waals surface area contributed by atoms with Crippen molar-refractivity contribution in [1.82, 2.24) is 15.3 Å². The maximum Gasteiger partial charge on any atom is 0.267 e. The highest BCUT2D eigenvalue weighted by molar-refractivity contribution is 5.92. The minimum absolute atomic E-state index is 0.144. The second kappa shape index (κ2) is 13.9. The van der Waals surface area contributed by atoms with Crippen LogP contribution in [0, 0.1) is 19.8 Å². The van der Waals surface area contributed by atoms with Gasteiger partial charge in [-0.2, -0.15) is 0 Å². The standard InChI is InChI=1S/C21H22N2.C8H9FN2O.C2H2/c1-2-10-21-18(7-1)14-19(15-23-21)17-8-5-6-16(12-17)13-20-9-3-4-11-22-20;1-5-6(4-9)2-3-11-7(5)8(10)12;1-2/h1-2,5-8,10,12,14-15,20,22H,3-4,9,11,13H2;2-3H,4H2,1H3,(H2,10,12);1-2H/t20-;;/m0../s1. The summed E-state index contributed by atoms with van der Waals surface area (Å²) in [5.41, 5.74) is 11.1. The van der Waals surface area contributed by atoms with E-state index in [4.69, 9.17) is 5.73 Å². The first kappa shape index (κ1) is 27.5. The van der Waals surface area contributed by atoms with E-state index < -0.39 is 12.6 Å². The molecule has 2 aromatic carbocycles. The molecule has 190 valence electrons. The number of alkyl halides is 1. The van der Waals surface area contributed by atoms with Crippen molar-refractivity contribution in [3.8, 4) is 24.0 Å². The largest absolute Gasteiger partial charge is 0.364 e. The van der Waals surface area contributed by atoms with E-state index in [1.54, 1.807) is 6.92 Å². The summed E-state index contributed by atoms with van der Waals surface area (Å²) >= 11 is 0. The number of nitrogens with zero attached hydrogens (tertiary/aromatic N) is 2. The number of pyridine rings is 2. The van der Waals surface area contributed by atoms with E-state index in [0.29, 0.717) is 17.2 Å². The number of amides is 1. The zero-order chi connectivity index (χ0) is 26.6. The van der Waals surface area contributed by atoms with E-state index in [-0.39, 0.29) is 5.69 Å². The van der Waals surface area contributed by atoms with Crippen molar-refractivity contribution >= 4 is 16.8 Å². The van der Waals surface area contributed by atoms with Crippen LogP contribution in [-0.4, -0.2) is 28.5 Å². The van der Waals surface area contributed by atoms with Gasteiger partial charge in [-0.05, 0) is 73.2 Å². The van der Waals surface area contributed by atoms with Gasteiger partial charge in [0.25, 0.3) is 5.91 Å². The van der Waals surface area contributed by atoms with Gasteiger partial charge in [0.1, 0.15) is 12.4 Å². The van der Waals surface area contributed by atoms with Crippen LogP contribution in [0.5, 0.6) is 0 Å². The molecular weight excluding hydrogens is 463 g/mol. The Bertz CT molecular complexity index is 1350. The molecular formula is C31H33FN4O. The molecule has 2 aromatic heterocycles. The van der Waals surface area contributed by atoms with Gasteiger partial charge in [-0.25, -0.2) is 4.39 Å². The molecule has 0 radical (unpaired) electrons. The number of terminal acetylenes is 1. The zero-order valence-corrected chi connectivity index (χ0v) is 21.2. The molecule has 1 aliphatic rings. The van der Waals surface area contributed by atoms with E-state index in [1.165, 1.54) is 60.1 Å². The Morgan fingerprint density at radius 2 is 1.86 bits per heavy atom. The third kappa shape index (κ3) is 7.45. The van der Waals surface area contributed by atoms with Gasteiger partial charge in [-0.3, -0.25) is 14.8 Å². The average molecular weight is 497 g/mol. The van der Waals surface area contributed by atoms with E-state index in [0.717, 1.165) is 11.9 Å². The summed E-state index contributed by atoms with van der Waals surface area (Å²) in [7, 11) is 0.